The number of carbonyl (C=O) groups excluding carboxylic acids is 2. The topological polar surface area (TPSA) is 157 Å². The minimum Gasteiger partial charge on any atom is -0.490 e. The van der Waals surface area contributed by atoms with Crippen LogP contribution in [0.1, 0.15) is 33.6 Å². The summed E-state index contributed by atoms with van der Waals surface area (Å²) in [5.41, 5.74) is 5.85. The van der Waals surface area contributed by atoms with E-state index in [4.69, 9.17) is 25.2 Å². The fourth-order valence-corrected chi connectivity index (χ4v) is 5.39. The highest BCUT2D eigenvalue weighted by molar-refractivity contribution is 7.89. The maximum absolute atomic E-state index is 13.2. The molecule has 0 atom stereocenters. The monoisotopic (exact) mass is 463 g/mol. The molecule has 170 valence electrons. The normalized spacial score (nSPS) is 16.5. The quantitative estimate of drug-likeness (QED) is 0.420. The van der Waals surface area contributed by atoms with Gasteiger partial charge in [0, 0.05) is 19.2 Å². The maximum atomic E-state index is 13.2. The number of amides is 2. The number of nitrogens with two attached hydrogens (primary N) is 1. The van der Waals surface area contributed by atoms with Gasteiger partial charge in [0.05, 0.1) is 16.0 Å². The van der Waals surface area contributed by atoms with Crippen molar-refractivity contribution < 1.29 is 37.4 Å². The predicted molar refractivity (Wildman–Crippen MR) is 109 cm³/mol. The van der Waals surface area contributed by atoms with Crippen LogP contribution >= 0.6 is 0 Å². The largest absolute Gasteiger partial charge is 0.490 e. The van der Waals surface area contributed by atoms with Crippen LogP contribution in [0.3, 0.4) is 0 Å². The number of hydroxylamine groups is 1. The van der Waals surface area contributed by atoms with Crippen molar-refractivity contribution in [2.24, 2.45) is 5.73 Å². The second kappa shape index (κ2) is 8.65. The summed E-state index contributed by atoms with van der Waals surface area (Å²) in [6, 6.07) is 8.96. The molecule has 1 saturated heterocycles. The first-order valence-electron chi connectivity index (χ1n) is 9.75. The third kappa shape index (κ3) is 4.07. The summed E-state index contributed by atoms with van der Waals surface area (Å²) in [6.07, 6.45) is 0.592. The summed E-state index contributed by atoms with van der Waals surface area (Å²) in [6.45, 7) is 0.430. The molecule has 12 heteroatoms. The standard InChI is InChI=1S/C20H21N3O8S/c21-19(24)14-2-1-3-17(18(14)20(25)22-26)32(27,28)23-8-6-12(7-9-23)31-13-4-5-15-16(10-13)30-11-29-15/h1-5,10,12,26H,6-9,11H2,(H2,21,24)(H,22,25). The number of rotatable bonds is 6. The highest BCUT2D eigenvalue weighted by atomic mass is 32.2. The van der Waals surface area contributed by atoms with Crippen LogP contribution in [0, 0.1) is 0 Å². The molecule has 0 unspecified atom stereocenters. The van der Waals surface area contributed by atoms with E-state index in [1.54, 1.807) is 18.2 Å². The molecule has 2 heterocycles. The van der Waals surface area contributed by atoms with E-state index in [1.165, 1.54) is 28.0 Å². The first-order chi connectivity index (χ1) is 15.3. The minimum absolute atomic E-state index is 0.137. The van der Waals surface area contributed by atoms with E-state index < -0.39 is 32.3 Å². The zero-order chi connectivity index (χ0) is 22.9. The summed E-state index contributed by atoms with van der Waals surface area (Å²) < 4.78 is 44.2. The van der Waals surface area contributed by atoms with E-state index in [2.05, 4.69) is 0 Å². The Bertz CT molecular complexity index is 1160. The molecule has 0 saturated carbocycles. The molecule has 1 fully saturated rings. The molecule has 4 rings (SSSR count). The molecule has 4 N–H and O–H groups in total. The molecular formula is C20H21N3O8S. The zero-order valence-electron chi connectivity index (χ0n) is 16.8. The summed E-state index contributed by atoms with van der Waals surface area (Å²) >= 11 is 0. The van der Waals surface area contributed by atoms with Crippen LogP contribution in [0.5, 0.6) is 17.2 Å². The first-order valence-corrected chi connectivity index (χ1v) is 11.2. The van der Waals surface area contributed by atoms with Gasteiger partial charge in [-0.3, -0.25) is 14.8 Å². The van der Waals surface area contributed by atoms with E-state index >= 15 is 0 Å². The zero-order valence-corrected chi connectivity index (χ0v) is 17.6. The van der Waals surface area contributed by atoms with Crippen LogP contribution in [0.4, 0.5) is 0 Å². The third-order valence-corrected chi connectivity index (χ3v) is 7.23. The van der Waals surface area contributed by atoms with Crippen molar-refractivity contribution in [3.63, 3.8) is 0 Å². The summed E-state index contributed by atoms with van der Waals surface area (Å²) in [4.78, 5) is 23.4. The number of sulfonamides is 1. The van der Waals surface area contributed by atoms with Crippen LogP contribution in [0.2, 0.25) is 0 Å². The van der Waals surface area contributed by atoms with Crippen molar-refractivity contribution in [1.82, 2.24) is 9.79 Å². The molecule has 0 radical (unpaired) electrons. The molecule has 2 aromatic rings. The Labute approximate surface area is 183 Å². The van der Waals surface area contributed by atoms with Gasteiger partial charge < -0.3 is 19.9 Å². The SMILES string of the molecule is NC(=O)c1cccc(S(=O)(=O)N2CCC(Oc3ccc4c(c3)OCO4)CC2)c1C(=O)NO. The number of fused-ring (bicyclic) bond motifs is 1. The molecule has 2 aromatic carbocycles. The number of primary amides is 1. The van der Waals surface area contributed by atoms with Crippen molar-refractivity contribution in [1.29, 1.82) is 0 Å². The summed E-state index contributed by atoms with van der Waals surface area (Å²) in [5.74, 6) is -0.312. The predicted octanol–water partition coefficient (Wildman–Crippen LogP) is 0.865. The number of hydrogen-bond acceptors (Lipinski definition) is 8. The molecule has 0 spiro atoms. The minimum atomic E-state index is -4.15. The van der Waals surface area contributed by atoms with Crippen LogP contribution < -0.4 is 25.4 Å². The molecule has 0 bridgehead atoms. The van der Waals surface area contributed by atoms with Gasteiger partial charge in [-0.1, -0.05) is 6.07 Å². The fraction of sp³-hybridized carbons (Fsp3) is 0.300. The number of ether oxygens (including phenoxy) is 3. The van der Waals surface area contributed by atoms with Gasteiger partial charge in [0.1, 0.15) is 11.9 Å². The molecule has 2 aliphatic rings. The van der Waals surface area contributed by atoms with Gasteiger partial charge in [0.2, 0.25) is 22.7 Å². The van der Waals surface area contributed by atoms with Crippen molar-refractivity contribution in [3.8, 4) is 17.2 Å². The lowest BCUT2D eigenvalue weighted by atomic mass is 10.1. The third-order valence-electron chi connectivity index (χ3n) is 5.29. The number of hydrogen-bond donors (Lipinski definition) is 3. The van der Waals surface area contributed by atoms with E-state index in [0.717, 1.165) is 0 Å². The molecule has 0 aliphatic carbocycles. The van der Waals surface area contributed by atoms with Gasteiger partial charge in [0.15, 0.2) is 11.5 Å². The Morgan fingerprint density at radius 2 is 1.84 bits per heavy atom. The average molecular weight is 463 g/mol. The van der Waals surface area contributed by atoms with Gasteiger partial charge in [-0.25, -0.2) is 13.9 Å². The van der Waals surface area contributed by atoms with Crippen molar-refractivity contribution in [2.75, 3.05) is 19.9 Å². The summed E-state index contributed by atoms with van der Waals surface area (Å²) in [7, 11) is -4.15. The van der Waals surface area contributed by atoms with E-state index in [-0.39, 0.29) is 31.5 Å². The smallest absolute Gasteiger partial charge is 0.276 e. The Hall–Kier alpha value is -3.35. The van der Waals surface area contributed by atoms with Crippen molar-refractivity contribution in [2.45, 2.75) is 23.8 Å². The Kier molecular flexibility index (Phi) is 5.91. The Morgan fingerprint density at radius 1 is 1.12 bits per heavy atom. The molecule has 2 amide bonds. The van der Waals surface area contributed by atoms with Gasteiger partial charge in [0.25, 0.3) is 5.91 Å². The molecular weight excluding hydrogens is 442 g/mol. The molecule has 0 aromatic heterocycles. The van der Waals surface area contributed by atoms with Crippen LogP contribution in [-0.4, -0.2) is 55.7 Å². The number of carbonyl (C=O) groups is 2. The average Bonchev–Trinajstić information content (AvgIpc) is 3.26. The Morgan fingerprint density at radius 3 is 2.53 bits per heavy atom. The van der Waals surface area contributed by atoms with E-state index in [0.29, 0.717) is 30.1 Å². The second-order valence-corrected chi connectivity index (χ2v) is 9.13. The lowest BCUT2D eigenvalue weighted by molar-refractivity contribution is 0.0698. The molecule has 2 aliphatic heterocycles. The molecule has 11 nitrogen and oxygen atoms in total. The van der Waals surface area contributed by atoms with E-state index in [9.17, 15) is 18.0 Å². The van der Waals surface area contributed by atoms with E-state index in [1.807, 2.05) is 0 Å². The lowest BCUT2D eigenvalue weighted by Gasteiger charge is -2.32. The highest BCUT2D eigenvalue weighted by Crippen LogP contribution is 2.36. The number of nitrogens with zero attached hydrogens (tertiary/aromatic N) is 1. The fourth-order valence-electron chi connectivity index (χ4n) is 3.71. The number of piperidine rings is 1. The van der Waals surface area contributed by atoms with Crippen molar-refractivity contribution >= 4 is 21.8 Å². The van der Waals surface area contributed by atoms with Crippen LogP contribution in [0.15, 0.2) is 41.3 Å². The summed E-state index contributed by atoms with van der Waals surface area (Å²) in [5, 5.41) is 9.03. The van der Waals surface area contributed by atoms with Crippen LogP contribution in [0.25, 0.3) is 0 Å². The highest BCUT2D eigenvalue weighted by Gasteiger charge is 2.34. The Balaban J connectivity index is 1.50. The van der Waals surface area contributed by atoms with Crippen molar-refractivity contribution in [3.05, 3.63) is 47.5 Å². The van der Waals surface area contributed by atoms with Crippen LogP contribution in [-0.2, 0) is 10.0 Å². The van der Waals surface area contributed by atoms with Gasteiger partial charge in [-0.05, 0) is 37.1 Å². The number of nitrogens with one attached hydrogen (secondary N) is 1. The maximum Gasteiger partial charge on any atom is 0.276 e. The first kappa shape index (κ1) is 21.9. The second-order valence-electron chi connectivity index (χ2n) is 7.22. The van der Waals surface area contributed by atoms with Gasteiger partial charge in [-0.15, -0.1) is 0 Å². The lowest BCUT2D eigenvalue weighted by Crippen LogP contribution is -2.42. The number of benzene rings is 2. The van der Waals surface area contributed by atoms with Gasteiger partial charge in [-0.2, -0.15) is 4.31 Å². The molecule has 32 heavy (non-hydrogen) atoms. The van der Waals surface area contributed by atoms with Gasteiger partial charge >= 0.3 is 0 Å².